The summed E-state index contributed by atoms with van der Waals surface area (Å²) < 4.78 is 23.6. The van der Waals surface area contributed by atoms with E-state index in [1.807, 2.05) is 0 Å². The fourth-order valence-corrected chi connectivity index (χ4v) is 3.38. The quantitative estimate of drug-likeness (QED) is 0.331. The Balaban J connectivity index is 1.51. The Hall–Kier alpha value is -4.79. The summed E-state index contributed by atoms with van der Waals surface area (Å²) >= 11 is 0. The predicted molar refractivity (Wildman–Crippen MR) is 124 cm³/mol. The van der Waals surface area contributed by atoms with Crippen molar-refractivity contribution in [2.75, 3.05) is 12.0 Å². The summed E-state index contributed by atoms with van der Waals surface area (Å²) in [7, 11) is 1.24. The lowest BCUT2D eigenvalue weighted by Gasteiger charge is -2.26. The average Bonchev–Trinajstić information content (AvgIpc) is 2.86. The SMILES string of the molecule is COC(=O)c1ccc(N2C(=O)NC(=O)C(=Cc3ccc(OCc4cccc(F)c4)cc3)C2=O)cc1. The van der Waals surface area contributed by atoms with Gasteiger partial charge in [0, 0.05) is 0 Å². The van der Waals surface area contributed by atoms with E-state index in [1.165, 1.54) is 49.6 Å². The van der Waals surface area contributed by atoms with Crippen molar-refractivity contribution in [3.8, 4) is 5.75 Å². The van der Waals surface area contributed by atoms with Gasteiger partial charge in [-0.05, 0) is 65.7 Å². The molecular weight excluding hydrogens is 455 g/mol. The molecule has 1 fully saturated rings. The molecule has 0 aliphatic carbocycles. The van der Waals surface area contributed by atoms with Gasteiger partial charge in [-0.3, -0.25) is 14.9 Å². The van der Waals surface area contributed by atoms with Crippen molar-refractivity contribution in [3.05, 3.63) is 101 Å². The molecule has 1 aliphatic heterocycles. The number of urea groups is 1. The molecule has 8 nitrogen and oxygen atoms in total. The first-order valence-corrected chi connectivity index (χ1v) is 10.4. The summed E-state index contributed by atoms with van der Waals surface area (Å²) in [6.07, 6.45) is 1.36. The Morgan fingerprint density at radius 3 is 2.37 bits per heavy atom. The first kappa shape index (κ1) is 23.4. The lowest BCUT2D eigenvalue weighted by Crippen LogP contribution is -2.54. The van der Waals surface area contributed by atoms with Crippen LogP contribution in [0.25, 0.3) is 6.08 Å². The fraction of sp³-hybridized carbons (Fsp3) is 0.0769. The van der Waals surface area contributed by atoms with Gasteiger partial charge in [-0.2, -0.15) is 0 Å². The molecule has 1 aliphatic rings. The number of anilines is 1. The third-order valence-corrected chi connectivity index (χ3v) is 5.13. The molecule has 35 heavy (non-hydrogen) atoms. The number of imide groups is 2. The van der Waals surface area contributed by atoms with E-state index >= 15 is 0 Å². The molecule has 4 amide bonds. The normalized spacial score (nSPS) is 14.6. The van der Waals surface area contributed by atoms with Crippen molar-refractivity contribution in [3.63, 3.8) is 0 Å². The van der Waals surface area contributed by atoms with Crippen LogP contribution in [0, 0.1) is 5.82 Å². The van der Waals surface area contributed by atoms with Crippen LogP contribution in [0.2, 0.25) is 0 Å². The van der Waals surface area contributed by atoms with E-state index in [4.69, 9.17) is 4.74 Å². The zero-order valence-electron chi connectivity index (χ0n) is 18.5. The van der Waals surface area contributed by atoms with Crippen LogP contribution in [0.3, 0.4) is 0 Å². The zero-order chi connectivity index (χ0) is 24.9. The molecule has 0 saturated carbocycles. The van der Waals surface area contributed by atoms with E-state index in [-0.39, 0.29) is 29.2 Å². The maximum atomic E-state index is 13.3. The summed E-state index contributed by atoms with van der Waals surface area (Å²) in [5.74, 6) is -2.04. The Morgan fingerprint density at radius 1 is 1.00 bits per heavy atom. The molecule has 0 radical (unpaired) electrons. The number of rotatable bonds is 6. The molecule has 0 spiro atoms. The number of ether oxygens (including phenoxy) is 2. The van der Waals surface area contributed by atoms with Gasteiger partial charge in [-0.15, -0.1) is 0 Å². The lowest BCUT2D eigenvalue weighted by molar-refractivity contribution is -0.122. The molecule has 0 bridgehead atoms. The second-order valence-electron chi connectivity index (χ2n) is 7.48. The molecular formula is C26H19FN2O6. The summed E-state index contributed by atoms with van der Waals surface area (Å²) in [6.45, 7) is 0.172. The highest BCUT2D eigenvalue weighted by molar-refractivity contribution is 6.39. The number of carbonyl (C=O) groups is 4. The van der Waals surface area contributed by atoms with Crippen LogP contribution in [-0.4, -0.2) is 30.9 Å². The average molecular weight is 474 g/mol. The van der Waals surface area contributed by atoms with Crippen molar-refractivity contribution in [1.29, 1.82) is 0 Å². The van der Waals surface area contributed by atoms with Gasteiger partial charge in [0.15, 0.2) is 0 Å². The molecule has 3 aromatic carbocycles. The van der Waals surface area contributed by atoms with Gasteiger partial charge in [0.1, 0.15) is 23.7 Å². The van der Waals surface area contributed by atoms with E-state index < -0.39 is 23.8 Å². The molecule has 1 heterocycles. The van der Waals surface area contributed by atoms with E-state index in [2.05, 4.69) is 10.1 Å². The molecule has 0 unspecified atom stereocenters. The number of methoxy groups -OCH3 is 1. The summed E-state index contributed by atoms with van der Waals surface area (Å²) in [4.78, 5) is 50.2. The van der Waals surface area contributed by atoms with Crippen LogP contribution in [0.1, 0.15) is 21.5 Å². The van der Waals surface area contributed by atoms with Crippen molar-refractivity contribution >= 4 is 35.6 Å². The van der Waals surface area contributed by atoms with Crippen molar-refractivity contribution in [2.24, 2.45) is 0 Å². The third-order valence-electron chi connectivity index (χ3n) is 5.13. The molecule has 3 aromatic rings. The Labute approximate surface area is 199 Å². The molecule has 0 aromatic heterocycles. The van der Waals surface area contributed by atoms with E-state index in [0.29, 0.717) is 16.9 Å². The van der Waals surface area contributed by atoms with Gasteiger partial charge in [-0.25, -0.2) is 18.9 Å². The number of benzene rings is 3. The lowest BCUT2D eigenvalue weighted by atomic mass is 10.1. The number of hydrogen-bond donors (Lipinski definition) is 1. The summed E-state index contributed by atoms with van der Waals surface area (Å²) in [5.41, 5.74) is 1.38. The number of nitrogens with zero attached hydrogens (tertiary/aromatic N) is 1. The molecule has 9 heteroatoms. The molecule has 4 rings (SSSR count). The van der Waals surface area contributed by atoms with Crippen LogP contribution in [0.4, 0.5) is 14.9 Å². The van der Waals surface area contributed by atoms with Crippen LogP contribution >= 0.6 is 0 Å². The number of halogens is 1. The minimum Gasteiger partial charge on any atom is -0.489 e. The molecule has 0 atom stereocenters. The van der Waals surface area contributed by atoms with E-state index in [0.717, 1.165) is 4.90 Å². The monoisotopic (exact) mass is 474 g/mol. The minimum absolute atomic E-state index is 0.172. The first-order chi connectivity index (χ1) is 16.9. The van der Waals surface area contributed by atoms with Gasteiger partial charge in [0.2, 0.25) is 0 Å². The van der Waals surface area contributed by atoms with Gasteiger partial charge in [0.25, 0.3) is 11.8 Å². The second-order valence-corrected chi connectivity index (χ2v) is 7.48. The highest BCUT2D eigenvalue weighted by atomic mass is 19.1. The summed E-state index contributed by atoms with van der Waals surface area (Å²) in [5, 5.41) is 2.14. The van der Waals surface area contributed by atoms with Crippen LogP contribution in [0.15, 0.2) is 78.4 Å². The van der Waals surface area contributed by atoms with Crippen molar-refractivity contribution in [1.82, 2.24) is 5.32 Å². The van der Waals surface area contributed by atoms with Crippen LogP contribution in [-0.2, 0) is 20.9 Å². The smallest absolute Gasteiger partial charge is 0.337 e. The Morgan fingerprint density at radius 2 is 1.71 bits per heavy atom. The largest absolute Gasteiger partial charge is 0.489 e. The number of hydrogen-bond acceptors (Lipinski definition) is 6. The summed E-state index contributed by atoms with van der Waals surface area (Å²) in [6, 6.07) is 17.4. The highest BCUT2D eigenvalue weighted by Gasteiger charge is 2.36. The molecule has 1 saturated heterocycles. The van der Waals surface area contributed by atoms with E-state index in [1.54, 1.807) is 36.4 Å². The van der Waals surface area contributed by atoms with Crippen LogP contribution < -0.4 is 15.0 Å². The minimum atomic E-state index is -0.899. The van der Waals surface area contributed by atoms with Gasteiger partial charge in [0.05, 0.1) is 18.4 Å². The molecule has 1 N–H and O–H groups in total. The van der Waals surface area contributed by atoms with Gasteiger partial charge < -0.3 is 9.47 Å². The predicted octanol–water partition coefficient (Wildman–Crippen LogP) is 3.86. The number of barbiturate groups is 1. The number of amides is 4. The Kier molecular flexibility index (Phi) is 6.68. The van der Waals surface area contributed by atoms with Crippen molar-refractivity contribution < 1.29 is 33.0 Å². The van der Waals surface area contributed by atoms with Crippen molar-refractivity contribution in [2.45, 2.75) is 6.61 Å². The third kappa shape index (κ3) is 5.25. The standard InChI is InChI=1S/C26H19FN2O6/c1-34-25(32)18-7-9-20(10-8-18)29-24(31)22(23(30)28-26(29)33)14-16-5-11-21(12-6-16)35-15-17-3-2-4-19(27)13-17/h2-14H,15H2,1H3,(H,28,30,33). The second kappa shape index (κ2) is 10.0. The molecule has 176 valence electrons. The fourth-order valence-electron chi connectivity index (χ4n) is 3.38. The Bertz CT molecular complexity index is 1330. The van der Waals surface area contributed by atoms with Gasteiger partial charge >= 0.3 is 12.0 Å². The zero-order valence-corrected chi connectivity index (χ0v) is 18.5. The topological polar surface area (TPSA) is 102 Å². The first-order valence-electron chi connectivity index (χ1n) is 10.4. The number of carbonyl (C=O) groups excluding carboxylic acids is 4. The highest BCUT2D eigenvalue weighted by Crippen LogP contribution is 2.23. The maximum absolute atomic E-state index is 13.3. The number of esters is 1. The van der Waals surface area contributed by atoms with E-state index in [9.17, 15) is 23.6 Å². The van der Waals surface area contributed by atoms with Crippen LogP contribution in [0.5, 0.6) is 5.75 Å². The van der Waals surface area contributed by atoms with Gasteiger partial charge in [-0.1, -0.05) is 24.3 Å². The number of nitrogens with one attached hydrogen (secondary N) is 1. The maximum Gasteiger partial charge on any atom is 0.337 e.